The van der Waals surface area contributed by atoms with Crippen LogP contribution in [-0.2, 0) is 11.3 Å². The number of benzene rings is 1. The summed E-state index contributed by atoms with van der Waals surface area (Å²) < 4.78 is 33.8. The molecule has 0 saturated heterocycles. The fourth-order valence-electron chi connectivity index (χ4n) is 1.95. The number of ether oxygens (including phenoxy) is 1. The highest BCUT2D eigenvalue weighted by molar-refractivity contribution is 9.10. The van der Waals surface area contributed by atoms with Crippen LogP contribution in [0.5, 0.6) is 0 Å². The lowest BCUT2D eigenvalue weighted by atomic mass is 10.2. The van der Waals surface area contributed by atoms with Gasteiger partial charge in [-0.3, -0.25) is 0 Å². The molecule has 0 amide bonds. The Morgan fingerprint density at radius 3 is 2.67 bits per heavy atom. The van der Waals surface area contributed by atoms with Crippen LogP contribution in [0.4, 0.5) is 8.78 Å². The molecule has 0 atom stereocenters. The Kier molecular flexibility index (Phi) is 5.84. The topological polar surface area (TPSA) is 39.1 Å². The fourth-order valence-corrected chi connectivity index (χ4v) is 2.21. The Morgan fingerprint density at radius 1 is 1.33 bits per heavy atom. The van der Waals surface area contributed by atoms with Crippen LogP contribution in [0.15, 0.2) is 34.9 Å². The molecule has 7 heteroatoms. The van der Waals surface area contributed by atoms with Crippen LogP contribution in [0.2, 0.25) is 0 Å². The van der Waals surface area contributed by atoms with Gasteiger partial charge in [0.25, 0.3) is 6.43 Å². The van der Waals surface area contributed by atoms with Crippen molar-refractivity contribution in [3.63, 3.8) is 0 Å². The van der Waals surface area contributed by atoms with Gasteiger partial charge in [0.1, 0.15) is 5.69 Å². The Labute approximate surface area is 130 Å². The number of nitrogens with one attached hydrogen (secondary N) is 1. The zero-order valence-corrected chi connectivity index (χ0v) is 13.1. The molecule has 0 aliphatic heterocycles. The second-order valence-corrected chi connectivity index (χ2v) is 5.33. The minimum absolute atomic E-state index is 0.0813. The number of hydrogen-bond acceptors (Lipinski definition) is 3. The molecule has 0 spiro atoms. The quantitative estimate of drug-likeness (QED) is 0.770. The Hall–Kier alpha value is -1.31. The number of aromatic nitrogens is 2. The molecule has 0 saturated carbocycles. The minimum Gasteiger partial charge on any atom is -0.383 e. The molecular formula is C14H16BrF2N3O. The third kappa shape index (κ3) is 4.09. The molecule has 1 N–H and O–H groups in total. The highest BCUT2D eigenvalue weighted by atomic mass is 79.9. The summed E-state index contributed by atoms with van der Waals surface area (Å²) in [5.41, 5.74) is 1.02. The van der Waals surface area contributed by atoms with Gasteiger partial charge >= 0.3 is 0 Å². The predicted molar refractivity (Wildman–Crippen MR) is 79.8 cm³/mol. The summed E-state index contributed by atoms with van der Waals surface area (Å²) in [5, 5.41) is 7.14. The third-order valence-corrected chi connectivity index (χ3v) is 3.49. The van der Waals surface area contributed by atoms with E-state index in [0.29, 0.717) is 30.9 Å². The maximum Gasteiger partial charge on any atom is 0.280 e. The molecule has 1 aromatic carbocycles. The van der Waals surface area contributed by atoms with Crippen LogP contribution in [0, 0.1) is 0 Å². The second kappa shape index (κ2) is 7.63. The molecule has 0 fully saturated rings. The van der Waals surface area contributed by atoms with Crippen LogP contribution in [0.1, 0.15) is 17.7 Å². The van der Waals surface area contributed by atoms with Gasteiger partial charge < -0.3 is 10.1 Å². The molecule has 114 valence electrons. The zero-order chi connectivity index (χ0) is 15.2. The summed E-state index contributed by atoms with van der Waals surface area (Å²) in [7, 11) is 1.60. The van der Waals surface area contributed by atoms with Gasteiger partial charge in [0.15, 0.2) is 0 Å². The average molecular weight is 360 g/mol. The molecular weight excluding hydrogens is 344 g/mol. The number of nitrogens with zero attached hydrogens (tertiary/aromatic N) is 2. The molecule has 0 unspecified atom stereocenters. The number of halogens is 3. The monoisotopic (exact) mass is 359 g/mol. The first kappa shape index (κ1) is 16.1. The molecule has 2 aromatic rings. The first-order valence-electron chi connectivity index (χ1n) is 6.44. The molecule has 0 aliphatic rings. The van der Waals surface area contributed by atoms with Crippen LogP contribution in [0.25, 0.3) is 5.69 Å². The summed E-state index contributed by atoms with van der Waals surface area (Å²) in [6.07, 6.45) is -1.11. The van der Waals surface area contributed by atoms with E-state index in [0.717, 1.165) is 4.47 Å². The van der Waals surface area contributed by atoms with Gasteiger partial charge in [-0.2, -0.15) is 5.10 Å². The summed E-state index contributed by atoms with van der Waals surface area (Å²) in [6, 6.07) is 7.07. The van der Waals surface area contributed by atoms with E-state index in [-0.39, 0.29) is 5.69 Å². The van der Waals surface area contributed by atoms with E-state index in [1.165, 1.54) is 10.9 Å². The maximum atomic E-state index is 13.3. The lowest BCUT2D eigenvalue weighted by Crippen LogP contribution is -2.19. The molecule has 2 rings (SSSR count). The largest absolute Gasteiger partial charge is 0.383 e. The summed E-state index contributed by atoms with van der Waals surface area (Å²) in [4.78, 5) is 0. The van der Waals surface area contributed by atoms with Crippen molar-refractivity contribution in [1.29, 1.82) is 0 Å². The summed E-state index contributed by atoms with van der Waals surface area (Å²) in [5.74, 6) is 0. The van der Waals surface area contributed by atoms with Crippen LogP contribution >= 0.6 is 15.9 Å². The van der Waals surface area contributed by atoms with Crippen molar-refractivity contribution in [3.8, 4) is 5.69 Å². The van der Waals surface area contributed by atoms with E-state index in [2.05, 4.69) is 26.3 Å². The number of rotatable bonds is 7. The lowest BCUT2D eigenvalue weighted by Gasteiger charge is -2.09. The summed E-state index contributed by atoms with van der Waals surface area (Å²) in [6.45, 7) is 1.47. The first-order valence-corrected chi connectivity index (χ1v) is 7.23. The van der Waals surface area contributed by atoms with E-state index in [1.807, 2.05) is 0 Å². The highest BCUT2D eigenvalue weighted by Gasteiger charge is 2.20. The Balaban J connectivity index is 2.22. The SMILES string of the molecule is COCCNCc1cnn(-c2ccc(Br)cc2)c1C(F)F. The van der Waals surface area contributed by atoms with Gasteiger partial charge in [0.05, 0.1) is 18.5 Å². The number of methoxy groups -OCH3 is 1. The Morgan fingerprint density at radius 2 is 2.05 bits per heavy atom. The normalized spacial score (nSPS) is 11.3. The van der Waals surface area contributed by atoms with Crippen LogP contribution in [0.3, 0.4) is 0 Å². The zero-order valence-electron chi connectivity index (χ0n) is 11.5. The van der Waals surface area contributed by atoms with E-state index in [1.54, 1.807) is 31.4 Å². The van der Waals surface area contributed by atoms with Crippen molar-refractivity contribution in [2.24, 2.45) is 0 Å². The van der Waals surface area contributed by atoms with Crippen molar-refractivity contribution in [2.45, 2.75) is 13.0 Å². The molecule has 1 heterocycles. The number of hydrogen-bond donors (Lipinski definition) is 1. The molecule has 0 bridgehead atoms. The van der Waals surface area contributed by atoms with Gasteiger partial charge in [-0.15, -0.1) is 0 Å². The van der Waals surface area contributed by atoms with Crippen LogP contribution in [-0.4, -0.2) is 30.0 Å². The second-order valence-electron chi connectivity index (χ2n) is 4.41. The van der Waals surface area contributed by atoms with E-state index < -0.39 is 6.43 Å². The highest BCUT2D eigenvalue weighted by Crippen LogP contribution is 2.26. The maximum absolute atomic E-state index is 13.3. The average Bonchev–Trinajstić information content (AvgIpc) is 2.88. The number of alkyl halides is 2. The Bertz CT molecular complexity index is 572. The molecule has 1 aromatic heterocycles. The van der Waals surface area contributed by atoms with E-state index in [4.69, 9.17) is 4.74 Å². The molecule has 4 nitrogen and oxygen atoms in total. The van der Waals surface area contributed by atoms with Crippen molar-refractivity contribution in [3.05, 3.63) is 46.2 Å². The summed E-state index contributed by atoms with van der Waals surface area (Å²) >= 11 is 3.32. The third-order valence-electron chi connectivity index (χ3n) is 2.96. The lowest BCUT2D eigenvalue weighted by molar-refractivity contribution is 0.141. The molecule has 0 radical (unpaired) electrons. The van der Waals surface area contributed by atoms with Crippen molar-refractivity contribution in [1.82, 2.24) is 15.1 Å². The van der Waals surface area contributed by atoms with E-state index in [9.17, 15) is 8.78 Å². The van der Waals surface area contributed by atoms with E-state index >= 15 is 0 Å². The molecule has 21 heavy (non-hydrogen) atoms. The van der Waals surface area contributed by atoms with Gasteiger partial charge in [-0.1, -0.05) is 15.9 Å². The van der Waals surface area contributed by atoms with Crippen molar-refractivity contribution >= 4 is 15.9 Å². The van der Waals surface area contributed by atoms with Gasteiger partial charge in [0, 0.05) is 30.2 Å². The molecule has 0 aliphatic carbocycles. The van der Waals surface area contributed by atoms with Crippen molar-refractivity contribution in [2.75, 3.05) is 20.3 Å². The van der Waals surface area contributed by atoms with Gasteiger partial charge in [0.2, 0.25) is 0 Å². The van der Waals surface area contributed by atoms with Gasteiger partial charge in [-0.25, -0.2) is 13.5 Å². The standard InChI is InChI=1S/C14H16BrF2N3O/c1-21-7-6-18-8-10-9-19-20(13(10)14(16)17)12-4-2-11(15)3-5-12/h2-5,9,14,18H,6-8H2,1H3. The fraction of sp³-hybridized carbons (Fsp3) is 0.357. The smallest absolute Gasteiger partial charge is 0.280 e. The van der Waals surface area contributed by atoms with Gasteiger partial charge in [-0.05, 0) is 24.3 Å². The predicted octanol–water partition coefficient (Wildman–Crippen LogP) is 3.31. The minimum atomic E-state index is -2.59. The van der Waals surface area contributed by atoms with Crippen molar-refractivity contribution < 1.29 is 13.5 Å². The first-order chi connectivity index (χ1) is 10.1. The van der Waals surface area contributed by atoms with Crippen LogP contribution < -0.4 is 5.32 Å².